The number of allylic oxidation sites excluding steroid dienone is 9. The van der Waals surface area contributed by atoms with Gasteiger partial charge in [-0.2, -0.15) is 4.91 Å². The minimum atomic E-state index is -2.87. The average Bonchev–Trinajstić information content (AvgIpc) is 3.06. The molecule has 8 nitrogen and oxygen atoms in total. The molecule has 4 unspecified atom stereocenters. The molecule has 244 valence electrons. The van der Waals surface area contributed by atoms with Gasteiger partial charge in [0.25, 0.3) is 11.8 Å². The summed E-state index contributed by atoms with van der Waals surface area (Å²) >= 11 is 0. The minimum absolute atomic E-state index is 0.233. The molecule has 4 aliphatic rings. The maximum Gasteiger partial charge on any atom is 0.277 e. The van der Waals surface area contributed by atoms with E-state index < -0.39 is 30.5 Å². The molecule has 1 heterocycles. The summed E-state index contributed by atoms with van der Waals surface area (Å²) in [5, 5.41) is 4.68. The lowest BCUT2D eigenvalue weighted by Crippen LogP contribution is -2.54. The normalized spacial score (nSPS) is 24.8. The van der Waals surface area contributed by atoms with Gasteiger partial charge in [-0.3, -0.25) is 14.7 Å². The molecule has 1 amide bonds. The summed E-state index contributed by atoms with van der Waals surface area (Å²) in [6.45, 7) is 5.77. The number of hydrogen-bond acceptors (Lipinski definition) is 7. The second kappa shape index (κ2) is 17.3. The number of rotatable bonds is 19. The van der Waals surface area contributed by atoms with Crippen molar-refractivity contribution in [2.24, 2.45) is 28.8 Å². The zero-order valence-electron chi connectivity index (χ0n) is 25.9. The molecular formula is C35H46F2N4O4. The van der Waals surface area contributed by atoms with Gasteiger partial charge in [0.05, 0.1) is 6.61 Å². The van der Waals surface area contributed by atoms with Gasteiger partial charge in [-0.1, -0.05) is 84.9 Å². The number of amides is 1. The van der Waals surface area contributed by atoms with E-state index in [0.29, 0.717) is 44.9 Å². The second-order valence-corrected chi connectivity index (χ2v) is 12.0. The van der Waals surface area contributed by atoms with Crippen LogP contribution in [0.5, 0.6) is 0 Å². The molecule has 3 aliphatic carbocycles. The van der Waals surface area contributed by atoms with Gasteiger partial charge in [-0.05, 0) is 43.9 Å². The highest BCUT2D eigenvalue weighted by molar-refractivity contribution is 5.89. The molecule has 0 aromatic heterocycles. The number of hydrogen-bond donors (Lipinski definition) is 1. The standard InChI is InChI=1S/C35H46F2N4O4/c1-2-21-40(22-11-3-4-12-23-44-26-35(36,37)28-15-9-6-10-16-28)24-31(39-43)29-17-19-32(45-25-27-13-7-5-8-14-27)34-30(29)18-20-33(42)41(34)38/h2,5-10,13,15,17-20,27-28,30-31,34H,1,3-4,11-12,14,16,21-26,38H2/t27?,28?,30?,31-,34?/m0/s1. The Kier molecular flexibility index (Phi) is 13.2. The predicted octanol–water partition coefficient (Wildman–Crippen LogP) is 6.18. The fraction of sp³-hybridized carbons (Fsp3) is 0.514. The van der Waals surface area contributed by atoms with Crippen LogP contribution in [0.1, 0.15) is 38.5 Å². The van der Waals surface area contributed by atoms with Gasteiger partial charge in [0.2, 0.25) is 0 Å². The Balaban J connectivity index is 1.26. The number of halogens is 2. The van der Waals surface area contributed by atoms with Crippen molar-refractivity contribution in [3.8, 4) is 0 Å². The van der Waals surface area contributed by atoms with E-state index in [1.165, 1.54) is 11.1 Å². The third-order valence-corrected chi connectivity index (χ3v) is 8.65. The first kappa shape index (κ1) is 34.4. The van der Waals surface area contributed by atoms with Gasteiger partial charge in [-0.15, -0.1) is 6.58 Å². The van der Waals surface area contributed by atoms with Crippen molar-refractivity contribution < 1.29 is 23.0 Å². The highest BCUT2D eigenvalue weighted by atomic mass is 19.3. The predicted molar refractivity (Wildman–Crippen MR) is 173 cm³/mol. The van der Waals surface area contributed by atoms with Gasteiger partial charge in [0.1, 0.15) is 24.4 Å². The molecule has 0 aromatic carbocycles. The van der Waals surface area contributed by atoms with E-state index in [-0.39, 0.29) is 17.7 Å². The Hall–Kier alpha value is -3.47. The van der Waals surface area contributed by atoms with Crippen molar-refractivity contribution >= 4 is 5.91 Å². The molecule has 0 fully saturated rings. The monoisotopic (exact) mass is 624 g/mol. The summed E-state index contributed by atoms with van der Waals surface area (Å²) in [6, 6.07) is -1.21. The van der Waals surface area contributed by atoms with Crippen molar-refractivity contribution in [2.75, 3.05) is 39.5 Å². The van der Waals surface area contributed by atoms with Gasteiger partial charge < -0.3 is 9.47 Å². The highest BCUT2D eigenvalue weighted by Gasteiger charge is 2.41. The summed E-state index contributed by atoms with van der Waals surface area (Å²) in [6.07, 6.45) is 28.2. The number of nitrogens with zero attached hydrogens (tertiary/aromatic N) is 3. The number of unbranched alkanes of at least 4 members (excludes halogenated alkanes) is 3. The number of nitroso groups, excluding NO2 is 1. The van der Waals surface area contributed by atoms with E-state index in [1.54, 1.807) is 36.5 Å². The number of hydrazine groups is 1. The number of ether oxygens (including phenoxy) is 2. The molecule has 1 aliphatic heterocycles. The lowest BCUT2D eigenvalue weighted by molar-refractivity contribution is -0.130. The fourth-order valence-electron chi connectivity index (χ4n) is 6.09. The molecule has 0 radical (unpaired) electrons. The van der Waals surface area contributed by atoms with Gasteiger partial charge in [0.15, 0.2) is 0 Å². The van der Waals surface area contributed by atoms with Crippen molar-refractivity contribution in [3.05, 3.63) is 102 Å². The Labute approximate surface area is 265 Å². The largest absolute Gasteiger partial charge is 0.495 e. The SMILES string of the molecule is C=CCN(CCCCCCOCC(F)(F)C1C=CC=CC1)C[C@H](N=O)C1=CC=C(OCC2C=CC=CC2)C2C1C=CC(=O)N2N. The molecule has 0 spiro atoms. The van der Waals surface area contributed by atoms with Crippen LogP contribution in [0, 0.1) is 22.7 Å². The molecule has 0 aromatic rings. The van der Waals surface area contributed by atoms with Crippen LogP contribution in [0.4, 0.5) is 8.78 Å². The quantitative estimate of drug-likeness (QED) is 0.0606. The van der Waals surface area contributed by atoms with Crippen LogP contribution >= 0.6 is 0 Å². The number of fused-ring (bicyclic) bond motifs is 1. The molecule has 45 heavy (non-hydrogen) atoms. The zero-order chi connectivity index (χ0) is 32.1. The lowest BCUT2D eigenvalue weighted by atomic mass is 9.80. The molecule has 10 heteroatoms. The van der Waals surface area contributed by atoms with E-state index >= 15 is 0 Å². The Morgan fingerprint density at radius 1 is 1.09 bits per heavy atom. The van der Waals surface area contributed by atoms with E-state index in [0.717, 1.165) is 37.8 Å². The number of carbonyl (C=O) groups excluding carboxylic acids is 1. The van der Waals surface area contributed by atoms with E-state index in [4.69, 9.17) is 15.3 Å². The summed E-state index contributed by atoms with van der Waals surface area (Å²) in [5.41, 5.74) is 0.782. The number of nitrogens with two attached hydrogens (primary N) is 1. The second-order valence-electron chi connectivity index (χ2n) is 12.0. The highest BCUT2D eigenvalue weighted by Crippen LogP contribution is 2.36. The maximum atomic E-state index is 14.3. The smallest absolute Gasteiger partial charge is 0.277 e. The van der Waals surface area contributed by atoms with Crippen LogP contribution in [0.3, 0.4) is 0 Å². The van der Waals surface area contributed by atoms with Crippen LogP contribution in [-0.4, -0.2) is 73.3 Å². The first-order chi connectivity index (χ1) is 21.8. The van der Waals surface area contributed by atoms with Gasteiger partial charge >= 0.3 is 0 Å². The first-order valence-electron chi connectivity index (χ1n) is 15.9. The lowest BCUT2D eigenvalue weighted by Gasteiger charge is -2.40. The molecule has 0 saturated carbocycles. The molecule has 2 N–H and O–H groups in total. The van der Waals surface area contributed by atoms with E-state index in [2.05, 4.69) is 28.8 Å². The molecule has 0 bridgehead atoms. The van der Waals surface area contributed by atoms with Gasteiger partial charge in [0, 0.05) is 43.5 Å². The van der Waals surface area contributed by atoms with Crippen molar-refractivity contribution in [3.63, 3.8) is 0 Å². The molecule has 5 atom stereocenters. The molecule has 4 rings (SSSR count). The summed E-state index contributed by atoms with van der Waals surface area (Å²) < 4.78 is 40.1. The van der Waals surface area contributed by atoms with Crippen LogP contribution in [-0.2, 0) is 14.3 Å². The third-order valence-electron chi connectivity index (χ3n) is 8.65. The van der Waals surface area contributed by atoms with Gasteiger partial charge in [-0.25, -0.2) is 14.6 Å². The summed E-state index contributed by atoms with van der Waals surface area (Å²) in [7, 11) is 0. The number of alkyl halides is 2. The van der Waals surface area contributed by atoms with Crippen LogP contribution in [0.15, 0.2) is 102 Å². The fourth-order valence-corrected chi connectivity index (χ4v) is 6.09. The first-order valence-corrected chi connectivity index (χ1v) is 15.9. The van der Waals surface area contributed by atoms with Crippen molar-refractivity contribution in [1.29, 1.82) is 0 Å². The topological polar surface area (TPSA) is 97.5 Å². The zero-order valence-corrected chi connectivity index (χ0v) is 25.9. The van der Waals surface area contributed by atoms with Crippen LogP contribution in [0.2, 0.25) is 0 Å². The summed E-state index contributed by atoms with van der Waals surface area (Å²) in [5.74, 6) is 2.73. The van der Waals surface area contributed by atoms with E-state index in [1.807, 2.05) is 24.3 Å². The third kappa shape index (κ3) is 9.76. The van der Waals surface area contributed by atoms with Crippen molar-refractivity contribution in [2.45, 2.75) is 56.5 Å². The average molecular weight is 625 g/mol. The molecular weight excluding hydrogens is 578 g/mol. The molecule has 0 saturated heterocycles. The Morgan fingerprint density at radius 2 is 1.87 bits per heavy atom. The van der Waals surface area contributed by atoms with Crippen molar-refractivity contribution in [1.82, 2.24) is 9.91 Å². The Bertz CT molecular complexity index is 1240. The van der Waals surface area contributed by atoms with E-state index in [9.17, 15) is 18.5 Å². The van der Waals surface area contributed by atoms with Crippen LogP contribution < -0.4 is 5.84 Å². The van der Waals surface area contributed by atoms with Crippen LogP contribution in [0.25, 0.3) is 0 Å². The summed E-state index contributed by atoms with van der Waals surface area (Å²) in [4.78, 5) is 26.8. The number of carbonyl (C=O) groups is 1. The maximum absolute atomic E-state index is 14.3. The Morgan fingerprint density at radius 3 is 2.58 bits per heavy atom. The minimum Gasteiger partial charge on any atom is -0.495 e.